The zero-order chi connectivity index (χ0) is 21.7. The van der Waals surface area contributed by atoms with E-state index in [1.807, 2.05) is 6.92 Å². The third-order valence-corrected chi connectivity index (χ3v) is 11.3. The maximum Gasteiger partial charge on any atom is 0.306 e. The first-order valence-corrected chi connectivity index (χ1v) is 12.6. The van der Waals surface area contributed by atoms with Crippen LogP contribution in [0, 0.1) is 40.4 Å². The van der Waals surface area contributed by atoms with Gasteiger partial charge in [0.2, 0.25) is 0 Å². The molecule has 8 atom stereocenters. The molecule has 4 fully saturated rings. The Kier molecular flexibility index (Phi) is 4.62. The number of ether oxygens (including phenoxy) is 1. The van der Waals surface area contributed by atoms with Gasteiger partial charge in [0.25, 0.3) is 0 Å². The molecule has 0 radical (unpaired) electrons. The van der Waals surface area contributed by atoms with Crippen LogP contribution in [0.25, 0.3) is 0 Å². The molecular weight excluding hydrogens is 419 g/mol. The summed E-state index contributed by atoms with van der Waals surface area (Å²) >= 11 is 13.6. The molecule has 0 amide bonds. The topological polar surface area (TPSA) is 43.4 Å². The minimum atomic E-state index is -1.01. The molecule has 0 spiro atoms. The van der Waals surface area contributed by atoms with Crippen molar-refractivity contribution in [2.45, 2.75) is 89.0 Å². The van der Waals surface area contributed by atoms with Gasteiger partial charge in [-0.05, 0) is 80.5 Å². The normalized spacial score (nSPS) is 50.3. The third-order valence-electron chi connectivity index (χ3n) is 10.2. The van der Waals surface area contributed by atoms with Crippen molar-refractivity contribution in [3.63, 3.8) is 0 Å². The lowest BCUT2D eigenvalue weighted by Gasteiger charge is -2.57. The SMILES string of the molecule is CCC(=O)O[C@]12CC[C@@]3(C)C(=CC[C@H]4[C@@H]5CC[C@H](C(C)=O)[C@@]5(C)CC[C@@H]43)[C@H]1C2(Cl)Cl. The van der Waals surface area contributed by atoms with Crippen LogP contribution in [-0.4, -0.2) is 21.7 Å². The minimum Gasteiger partial charge on any atom is -0.455 e. The summed E-state index contributed by atoms with van der Waals surface area (Å²) < 4.78 is 4.88. The lowest BCUT2D eigenvalue weighted by Crippen LogP contribution is -2.51. The van der Waals surface area contributed by atoms with Crippen LogP contribution in [0.2, 0.25) is 0 Å². The molecular formula is C25H34Cl2O3. The summed E-state index contributed by atoms with van der Waals surface area (Å²) in [4.78, 5) is 24.5. The van der Waals surface area contributed by atoms with Crippen molar-refractivity contribution in [2.24, 2.45) is 40.4 Å². The Morgan fingerprint density at radius 2 is 1.83 bits per heavy atom. The zero-order valence-corrected chi connectivity index (χ0v) is 20.1. The Bertz CT molecular complexity index is 834. The van der Waals surface area contributed by atoms with Crippen molar-refractivity contribution >= 4 is 35.0 Å². The smallest absolute Gasteiger partial charge is 0.306 e. The standard InChI is InChI=1S/C25H34Cl2O3/c1-5-20(29)30-24-13-12-23(4)18-10-11-22(3)16(14(2)28)8-9-17(22)15(18)6-7-19(23)21(24)25(24,26)27/h7,15-18,21H,5-6,8-13H2,1-4H3/t15-,16+,17-,18-,21+,22+,23+,24+/m0/s1. The number of alkyl halides is 2. The number of esters is 1. The number of carbonyl (C=O) groups excluding carboxylic acids is 2. The van der Waals surface area contributed by atoms with Gasteiger partial charge in [0.05, 0.1) is 5.92 Å². The van der Waals surface area contributed by atoms with Crippen LogP contribution in [0.15, 0.2) is 11.6 Å². The second-order valence-corrected chi connectivity index (χ2v) is 12.6. The molecule has 30 heavy (non-hydrogen) atoms. The number of rotatable bonds is 3. The van der Waals surface area contributed by atoms with Gasteiger partial charge in [0.15, 0.2) is 9.93 Å². The van der Waals surface area contributed by atoms with Crippen LogP contribution < -0.4 is 0 Å². The maximum absolute atomic E-state index is 12.3. The van der Waals surface area contributed by atoms with Crippen LogP contribution in [-0.2, 0) is 14.3 Å². The van der Waals surface area contributed by atoms with E-state index < -0.39 is 9.93 Å². The molecule has 0 bridgehead atoms. The third kappa shape index (κ3) is 2.46. The fraction of sp³-hybridized carbons (Fsp3) is 0.840. The molecule has 166 valence electrons. The molecule has 0 aromatic rings. The summed E-state index contributed by atoms with van der Waals surface area (Å²) in [7, 11) is 0. The van der Waals surface area contributed by atoms with Crippen molar-refractivity contribution in [1.29, 1.82) is 0 Å². The quantitative estimate of drug-likeness (QED) is 0.288. The number of ketones is 1. The number of carbonyl (C=O) groups is 2. The fourth-order valence-corrected chi connectivity index (χ4v) is 9.62. The molecule has 5 rings (SSSR count). The number of hydrogen-bond acceptors (Lipinski definition) is 3. The Morgan fingerprint density at radius 1 is 1.10 bits per heavy atom. The number of hydrogen-bond donors (Lipinski definition) is 0. The van der Waals surface area contributed by atoms with Crippen LogP contribution in [0.5, 0.6) is 0 Å². The van der Waals surface area contributed by atoms with E-state index in [0.717, 1.165) is 32.1 Å². The van der Waals surface area contributed by atoms with Crippen LogP contribution in [0.1, 0.15) is 79.1 Å². The number of fused-ring (bicyclic) bond motifs is 7. The summed E-state index contributed by atoms with van der Waals surface area (Å²) in [5, 5.41) is 0. The van der Waals surface area contributed by atoms with Crippen molar-refractivity contribution in [3.8, 4) is 0 Å². The van der Waals surface area contributed by atoms with Crippen LogP contribution >= 0.6 is 23.2 Å². The van der Waals surface area contributed by atoms with Gasteiger partial charge in [0, 0.05) is 12.3 Å². The Morgan fingerprint density at radius 3 is 2.50 bits per heavy atom. The second-order valence-electron chi connectivity index (χ2n) is 11.2. The van der Waals surface area contributed by atoms with Gasteiger partial charge < -0.3 is 4.74 Å². The average molecular weight is 453 g/mol. The van der Waals surface area contributed by atoms with Gasteiger partial charge in [-0.15, -0.1) is 0 Å². The number of Topliss-reactive ketones (excluding diaryl/α,β-unsaturated/α-hetero) is 1. The van der Waals surface area contributed by atoms with Gasteiger partial charge in [-0.25, -0.2) is 0 Å². The fourth-order valence-electron chi connectivity index (χ4n) is 8.65. The Labute approximate surface area is 190 Å². The molecule has 0 heterocycles. The Balaban J connectivity index is 1.47. The molecule has 4 saturated carbocycles. The molecule has 5 aliphatic carbocycles. The molecule has 0 aromatic carbocycles. The lowest BCUT2D eigenvalue weighted by molar-refractivity contribution is -0.154. The first kappa shape index (κ1) is 21.3. The maximum atomic E-state index is 12.3. The summed E-state index contributed by atoms with van der Waals surface area (Å²) in [5.41, 5.74) is 0.828. The van der Waals surface area contributed by atoms with E-state index >= 15 is 0 Å². The summed E-state index contributed by atoms with van der Waals surface area (Å²) in [6.45, 7) is 8.39. The van der Waals surface area contributed by atoms with E-state index in [1.54, 1.807) is 6.92 Å². The van der Waals surface area contributed by atoms with E-state index in [1.165, 1.54) is 18.4 Å². The van der Waals surface area contributed by atoms with Crippen LogP contribution in [0.3, 0.4) is 0 Å². The highest BCUT2D eigenvalue weighted by Crippen LogP contribution is 2.78. The van der Waals surface area contributed by atoms with Gasteiger partial charge in [0.1, 0.15) is 5.78 Å². The highest BCUT2D eigenvalue weighted by Gasteiger charge is 2.83. The average Bonchev–Trinajstić information content (AvgIpc) is 2.97. The van der Waals surface area contributed by atoms with E-state index in [4.69, 9.17) is 27.9 Å². The van der Waals surface area contributed by atoms with Gasteiger partial charge in [-0.2, -0.15) is 0 Å². The van der Waals surface area contributed by atoms with Crippen molar-refractivity contribution < 1.29 is 14.3 Å². The minimum absolute atomic E-state index is 0.0663. The monoisotopic (exact) mass is 452 g/mol. The van der Waals surface area contributed by atoms with Crippen molar-refractivity contribution in [2.75, 3.05) is 0 Å². The lowest BCUT2D eigenvalue weighted by atomic mass is 9.47. The highest BCUT2D eigenvalue weighted by atomic mass is 35.5. The van der Waals surface area contributed by atoms with Gasteiger partial charge in [-0.3, -0.25) is 9.59 Å². The predicted molar refractivity (Wildman–Crippen MR) is 118 cm³/mol. The largest absolute Gasteiger partial charge is 0.455 e. The zero-order valence-electron chi connectivity index (χ0n) is 18.6. The van der Waals surface area contributed by atoms with Gasteiger partial charge >= 0.3 is 5.97 Å². The van der Waals surface area contributed by atoms with E-state index in [2.05, 4.69) is 19.9 Å². The summed E-state index contributed by atoms with van der Waals surface area (Å²) in [5.74, 6) is 2.18. The molecule has 0 unspecified atom stereocenters. The van der Waals surface area contributed by atoms with E-state index in [9.17, 15) is 9.59 Å². The molecule has 3 nitrogen and oxygen atoms in total. The highest BCUT2D eigenvalue weighted by molar-refractivity contribution is 6.53. The molecule has 5 aliphatic rings. The van der Waals surface area contributed by atoms with Crippen molar-refractivity contribution in [3.05, 3.63) is 11.6 Å². The van der Waals surface area contributed by atoms with E-state index in [0.29, 0.717) is 30.0 Å². The molecule has 0 saturated heterocycles. The molecule has 0 N–H and O–H groups in total. The first-order chi connectivity index (χ1) is 14.0. The Hall–Kier alpha value is -0.540. The van der Waals surface area contributed by atoms with E-state index in [-0.39, 0.29) is 28.6 Å². The summed E-state index contributed by atoms with van der Waals surface area (Å²) in [6, 6.07) is 0. The number of allylic oxidation sites excluding steroid dienone is 1. The molecule has 5 heteroatoms. The van der Waals surface area contributed by atoms with Crippen molar-refractivity contribution in [1.82, 2.24) is 0 Å². The summed E-state index contributed by atoms with van der Waals surface area (Å²) in [6.07, 6.45) is 10.0. The number of halogens is 2. The second kappa shape index (κ2) is 6.50. The molecule has 0 aromatic heterocycles. The van der Waals surface area contributed by atoms with Gasteiger partial charge in [-0.1, -0.05) is 55.6 Å². The molecule has 0 aliphatic heterocycles. The first-order valence-electron chi connectivity index (χ1n) is 11.8. The van der Waals surface area contributed by atoms with Crippen LogP contribution in [0.4, 0.5) is 0 Å². The predicted octanol–water partition coefficient (Wildman–Crippen LogP) is 6.26.